The summed E-state index contributed by atoms with van der Waals surface area (Å²) in [5, 5.41) is 11.3. The highest BCUT2D eigenvalue weighted by Crippen LogP contribution is 2.11. The third-order valence-electron chi connectivity index (χ3n) is 2.36. The van der Waals surface area contributed by atoms with Crippen molar-refractivity contribution in [2.75, 3.05) is 5.32 Å². The van der Waals surface area contributed by atoms with Crippen molar-refractivity contribution in [3.63, 3.8) is 0 Å². The van der Waals surface area contributed by atoms with Crippen LogP contribution in [0, 0.1) is 6.92 Å². The lowest BCUT2D eigenvalue weighted by Crippen LogP contribution is -2.19. The summed E-state index contributed by atoms with van der Waals surface area (Å²) in [6.07, 6.45) is 4.02. The number of hydrogen-bond acceptors (Lipinski definition) is 5. The summed E-state index contributed by atoms with van der Waals surface area (Å²) in [5.74, 6) is -1.90. The van der Waals surface area contributed by atoms with E-state index >= 15 is 0 Å². The van der Waals surface area contributed by atoms with Crippen LogP contribution < -0.4 is 5.32 Å². The van der Waals surface area contributed by atoms with Crippen molar-refractivity contribution < 1.29 is 14.7 Å². The number of nitrogens with zero attached hydrogens (tertiary/aromatic N) is 3. The van der Waals surface area contributed by atoms with Crippen molar-refractivity contribution >= 4 is 17.7 Å². The molecule has 0 atom stereocenters. The third kappa shape index (κ3) is 2.71. The van der Waals surface area contributed by atoms with Gasteiger partial charge in [0, 0.05) is 18.6 Å². The molecule has 7 heteroatoms. The van der Waals surface area contributed by atoms with Gasteiger partial charge in [-0.1, -0.05) is 6.07 Å². The molecule has 0 spiro atoms. The maximum Gasteiger partial charge on any atom is 0.358 e. The molecule has 0 bridgehead atoms. The molecule has 2 rings (SSSR count). The highest BCUT2D eigenvalue weighted by molar-refractivity contribution is 6.05. The lowest BCUT2D eigenvalue weighted by molar-refractivity contribution is 0.0691. The predicted octanol–water partition coefficient (Wildman–Crippen LogP) is 1.13. The zero-order chi connectivity index (χ0) is 13.8. The minimum absolute atomic E-state index is 0.106. The molecule has 2 heterocycles. The Labute approximate surface area is 108 Å². The molecule has 2 aromatic rings. The van der Waals surface area contributed by atoms with E-state index in [-0.39, 0.29) is 17.2 Å². The molecule has 0 aromatic carbocycles. The first-order valence-electron chi connectivity index (χ1n) is 5.37. The molecule has 0 unspecified atom stereocenters. The van der Waals surface area contributed by atoms with Crippen LogP contribution >= 0.6 is 0 Å². The fourth-order valence-corrected chi connectivity index (χ4v) is 1.48. The Hall–Kier alpha value is -2.83. The second-order valence-electron chi connectivity index (χ2n) is 3.68. The summed E-state index contributed by atoms with van der Waals surface area (Å²) < 4.78 is 0. The van der Waals surface area contributed by atoms with E-state index in [1.165, 1.54) is 18.6 Å². The molecule has 0 radical (unpaired) electrons. The van der Waals surface area contributed by atoms with Crippen LogP contribution in [0.5, 0.6) is 0 Å². The number of hydrogen-bond donors (Lipinski definition) is 2. The average Bonchev–Trinajstić information content (AvgIpc) is 2.39. The van der Waals surface area contributed by atoms with Gasteiger partial charge in [0.15, 0.2) is 11.5 Å². The topological polar surface area (TPSA) is 105 Å². The summed E-state index contributed by atoms with van der Waals surface area (Å²) in [5.41, 5.74) is 0.578. The Bertz CT molecular complexity index is 642. The SMILES string of the molecule is Cc1cccnc1C(=O)Nc1nccnc1C(=O)O. The number of pyridine rings is 1. The first-order valence-corrected chi connectivity index (χ1v) is 5.37. The molecular formula is C12H10N4O3. The second-order valence-corrected chi connectivity index (χ2v) is 3.68. The number of carbonyl (C=O) groups excluding carboxylic acids is 1. The summed E-state index contributed by atoms with van der Waals surface area (Å²) in [7, 11) is 0. The quantitative estimate of drug-likeness (QED) is 0.854. The first kappa shape index (κ1) is 12.6. The Morgan fingerprint density at radius 3 is 2.47 bits per heavy atom. The van der Waals surface area contributed by atoms with E-state index < -0.39 is 11.9 Å². The summed E-state index contributed by atoms with van der Waals surface area (Å²) in [6, 6.07) is 3.44. The van der Waals surface area contributed by atoms with Gasteiger partial charge in [-0.3, -0.25) is 9.78 Å². The van der Waals surface area contributed by atoms with Gasteiger partial charge in [0.25, 0.3) is 5.91 Å². The predicted molar refractivity (Wildman–Crippen MR) is 65.9 cm³/mol. The molecule has 2 N–H and O–H groups in total. The van der Waals surface area contributed by atoms with Crippen molar-refractivity contribution in [1.29, 1.82) is 0 Å². The molecule has 1 amide bonds. The van der Waals surface area contributed by atoms with Crippen LogP contribution in [0.15, 0.2) is 30.7 Å². The number of aromatic carboxylic acids is 1. The number of anilines is 1. The van der Waals surface area contributed by atoms with Crippen molar-refractivity contribution in [3.8, 4) is 0 Å². The van der Waals surface area contributed by atoms with Gasteiger partial charge < -0.3 is 10.4 Å². The van der Waals surface area contributed by atoms with Crippen LogP contribution in [0.3, 0.4) is 0 Å². The number of carboxylic acid groups (broad SMARTS) is 1. The van der Waals surface area contributed by atoms with Crippen molar-refractivity contribution in [2.24, 2.45) is 0 Å². The van der Waals surface area contributed by atoms with Crippen LogP contribution in [-0.2, 0) is 0 Å². The number of rotatable bonds is 3. The van der Waals surface area contributed by atoms with Gasteiger partial charge in [0.1, 0.15) is 5.69 Å². The molecule has 96 valence electrons. The molecule has 0 fully saturated rings. The zero-order valence-corrected chi connectivity index (χ0v) is 9.99. The number of carbonyl (C=O) groups is 2. The fraction of sp³-hybridized carbons (Fsp3) is 0.0833. The number of amides is 1. The number of carboxylic acids is 1. The molecule has 0 aliphatic heterocycles. The molecule has 2 aromatic heterocycles. The maximum atomic E-state index is 12.0. The summed E-state index contributed by atoms with van der Waals surface area (Å²) in [6.45, 7) is 1.73. The Kier molecular flexibility index (Phi) is 3.46. The first-order chi connectivity index (χ1) is 9.09. The van der Waals surface area contributed by atoms with Crippen LogP contribution in [0.25, 0.3) is 0 Å². The number of aryl methyl sites for hydroxylation is 1. The zero-order valence-electron chi connectivity index (χ0n) is 9.99. The van der Waals surface area contributed by atoms with Gasteiger partial charge >= 0.3 is 5.97 Å². The monoisotopic (exact) mass is 258 g/mol. The Balaban J connectivity index is 2.30. The molecule has 0 saturated carbocycles. The lowest BCUT2D eigenvalue weighted by atomic mass is 10.2. The smallest absolute Gasteiger partial charge is 0.358 e. The van der Waals surface area contributed by atoms with E-state index in [0.29, 0.717) is 5.56 Å². The summed E-state index contributed by atoms with van der Waals surface area (Å²) >= 11 is 0. The minimum atomic E-state index is -1.26. The van der Waals surface area contributed by atoms with Gasteiger partial charge in [-0.15, -0.1) is 0 Å². The van der Waals surface area contributed by atoms with E-state index in [4.69, 9.17) is 5.11 Å². The van der Waals surface area contributed by atoms with Gasteiger partial charge in [0.05, 0.1) is 0 Å². The number of aromatic nitrogens is 3. The van der Waals surface area contributed by atoms with Crippen molar-refractivity contribution in [1.82, 2.24) is 15.0 Å². The van der Waals surface area contributed by atoms with E-state index in [1.54, 1.807) is 19.1 Å². The average molecular weight is 258 g/mol. The largest absolute Gasteiger partial charge is 0.476 e. The Morgan fingerprint density at radius 1 is 1.11 bits per heavy atom. The van der Waals surface area contributed by atoms with E-state index in [0.717, 1.165) is 0 Å². The second kappa shape index (κ2) is 5.21. The van der Waals surface area contributed by atoms with Crippen LogP contribution in [0.1, 0.15) is 26.5 Å². The standard InChI is InChI=1S/C12H10N4O3/c1-7-3-2-4-13-8(7)11(17)16-10-9(12(18)19)14-5-6-15-10/h2-6H,1H3,(H,18,19)(H,15,16,17). The maximum absolute atomic E-state index is 12.0. The van der Waals surface area contributed by atoms with E-state index in [1.807, 2.05) is 0 Å². The third-order valence-corrected chi connectivity index (χ3v) is 2.36. The molecule has 19 heavy (non-hydrogen) atoms. The lowest BCUT2D eigenvalue weighted by Gasteiger charge is -2.07. The van der Waals surface area contributed by atoms with E-state index in [2.05, 4.69) is 20.3 Å². The molecular weight excluding hydrogens is 248 g/mol. The molecule has 7 nitrogen and oxygen atoms in total. The van der Waals surface area contributed by atoms with Gasteiger partial charge in [-0.2, -0.15) is 0 Å². The molecule has 0 aliphatic carbocycles. The molecule has 0 aliphatic rings. The Morgan fingerprint density at radius 2 is 1.79 bits per heavy atom. The minimum Gasteiger partial charge on any atom is -0.476 e. The van der Waals surface area contributed by atoms with E-state index in [9.17, 15) is 9.59 Å². The van der Waals surface area contributed by atoms with Crippen LogP contribution in [0.2, 0.25) is 0 Å². The molecule has 0 saturated heterocycles. The number of nitrogens with one attached hydrogen (secondary N) is 1. The van der Waals surface area contributed by atoms with Crippen molar-refractivity contribution in [2.45, 2.75) is 6.92 Å². The van der Waals surface area contributed by atoms with Crippen molar-refractivity contribution in [3.05, 3.63) is 47.7 Å². The van der Waals surface area contributed by atoms with Gasteiger partial charge in [-0.05, 0) is 18.6 Å². The van der Waals surface area contributed by atoms with Crippen LogP contribution in [0.4, 0.5) is 5.82 Å². The fourth-order valence-electron chi connectivity index (χ4n) is 1.48. The van der Waals surface area contributed by atoms with Gasteiger partial charge in [0.2, 0.25) is 0 Å². The highest BCUT2D eigenvalue weighted by atomic mass is 16.4. The normalized spacial score (nSPS) is 9.95. The van der Waals surface area contributed by atoms with Crippen LogP contribution in [-0.4, -0.2) is 31.9 Å². The highest BCUT2D eigenvalue weighted by Gasteiger charge is 2.17. The van der Waals surface area contributed by atoms with Gasteiger partial charge in [-0.25, -0.2) is 14.8 Å². The summed E-state index contributed by atoms with van der Waals surface area (Å²) in [4.78, 5) is 34.3.